The van der Waals surface area contributed by atoms with Gasteiger partial charge < -0.3 is 5.32 Å². The van der Waals surface area contributed by atoms with Gasteiger partial charge in [-0.15, -0.1) is 0 Å². The number of carbonyl (C=O) groups is 3. The van der Waals surface area contributed by atoms with E-state index in [1.165, 1.54) is 4.90 Å². The van der Waals surface area contributed by atoms with E-state index in [9.17, 15) is 14.4 Å². The summed E-state index contributed by atoms with van der Waals surface area (Å²) >= 11 is 2.21. The minimum Gasteiger partial charge on any atom is -0.322 e. The second-order valence-corrected chi connectivity index (χ2v) is 9.92. The molecule has 5 aliphatic rings. The van der Waals surface area contributed by atoms with Gasteiger partial charge in [0, 0.05) is 14.8 Å². The van der Waals surface area contributed by atoms with Crippen molar-refractivity contribution in [2.75, 3.05) is 10.2 Å². The molecule has 0 aromatic heterocycles. The molecular formula is C24H19IN2O3. The molecule has 0 spiro atoms. The zero-order valence-electron chi connectivity index (χ0n) is 16.0. The predicted octanol–water partition coefficient (Wildman–Crippen LogP) is 4.10. The highest BCUT2D eigenvalue weighted by atomic mass is 127. The number of anilines is 2. The number of imide groups is 1. The Bertz CT molecular complexity index is 1090. The number of hydrogen-bond donors (Lipinski definition) is 1. The Balaban J connectivity index is 1.28. The fourth-order valence-electron chi connectivity index (χ4n) is 5.73. The van der Waals surface area contributed by atoms with E-state index in [0.717, 1.165) is 9.99 Å². The van der Waals surface area contributed by atoms with Crippen molar-refractivity contribution in [2.45, 2.75) is 6.42 Å². The van der Waals surface area contributed by atoms with Crippen LogP contribution in [0.4, 0.5) is 11.4 Å². The van der Waals surface area contributed by atoms with Gasteiger partial charge in [0.1, 0.15) is 0 Å². The molecule has 1 aliphatic heterocycles. The SMILES string of the molecule is O=C(Nc1ccc(I)cc1)c1cccc(N2C(=O)[C@@H]3[C@@H]4C=C[C@H]([C@H]5C[C@H]45)[C@@H]3C2=O)c1. The zero-order chi connectivity index (χ0) is 20.6. The molecule has 150 valence electrons. The fourth-order valence-corrected chi connectivity index (χ4v) is 6.09. The Morgan fingerprint density at radius 3 is 2.20 bits per heavy atom. The van der Waals surface area contributed by atoms with Gasteiger partial charge in [-0.3, -0.25) is 14.4 Å². The van der Waals surface area contributed by atoms with Crippen LogP contribution in [0.2, 0.25) is 0 Å². The van der Waals surface area contributed by atoms with E-state index in [2.05, 4.69) is 40.1 Å². The third-order valence-corrected chi connectivity index (χ3v) is 7.85. The molecule has 3 amide bonds. The van der Waals surface area contributed by atoms with Gasteiger partial charge in [-0.05, 0) is 95.1 Å². The van der Waals surface area contributed by atoms with Crippen molar-refractivity contribution in [3.8, 4) is 0 Å². The quantitative estimate of drug-likeness (QED) is 0.384. The molecule has 2 aromatic carbocycles. The lowest BCUT2D eigenvalue weighted by Gasteiger charge is -2.37. The Morgan fingerprint density at radius 2 is 1.57 bits per heavy atom. The summed E-state index contributed by atoms with van der Waals surface area (Å²) in [5, 5.41) is 2.87. The minimum atomic E-state index is -0.266. The maximum Gasteiger partial charge on any atom is 0.255 e. The number of nitrogens with zero attached hydrogens (tertiary/aromatic N) is 1. The molecule has 6 atom stereocenters. The highest BCUT2D eigenvalue weighted by molar-refractivity contribution is 14.1. The second kappa shape index (κ2) is 6.51. The highest BCUT2D eigenvalue weighted by Crippen LogP contribution is 2.65. The zero-order valence-corrected chi connectivity index (χ0v) is 18.2. The number of nitrogens with one attached hydrogen (secondary N) is 1. The summed E-state index contributed by atoms with van der Waals surface area (Å²) in [6, 6.07) is 14.3. The number of hydrogen-bond acceptors (Lipinski definition) is 3. The number of halogens is 1. The third-order valence-electron chi connectivity index (χ3n) is 7.13. The van der Waals surface area contributed by atoms with Crippen molar-refractivity contribution in [1.82, 2.24) is 0 Å². The summed E-state index contributed by atoms with van der Waals surface area (Å²) < 4.78 is 1.08. The van der Waals surface area contributed by atoms with Gasteiger partial charge in [-0.1, -0.05) is 18.2 Å². The number of allylic oxidation sites excluding steroid dienone is 2. The number of amides is 3. The smallest absolute Gasteiger partial charge is 0.255 e. The minimum absolute atomic E-state index is 0.107. The van der Waals surface area contributed by atoms with E-state index in [4.69, 9.17) is 0 Å². The monoisotopic (exact) mass is 510 g/mol. The van der Waals surface area contributed by atoms with E-state index < -0.39 is 0 Å². The van der Waals surface area contributed by atoms with E-state index >= 15 is 0 Å². The Hall–Kier alpha value is -2.48. The predicted molar refractivity (Wildman–Crippen MR) is 121 cm³/mol. The van der Waals surface area contributed by atoms with Crippen molar-refractivity contribution in [3.63, 3.8) is 0 Å². The summed E-state index contributed by atoms with van der Waals surface area (Å²) in [4.78, 5) is 40.6. The van der Waals surface area contributed by atoms with Crippen LogP contribution in [0, 0.1) is 39.1 Å². The molecule has 6 heteroatoms. The van der Waals surface area contributed by atoms with Crippen molar-refractivity contribution in [2.24, 2.45) is 35.5 Å². The summed E-state index contributed by atoms with van der Waals surface area (Å²) in [6.07, 6.45) is 5.48. The maximum absolute atomic E-state index is 13.3. The van der Waals surface area contributed by atoms with Gasteiger partial charge in [0.25, 0.3) is 5.91 Å². The van der Waals surface area contributed by atoms with Crippen LogP contribution in [0.25, 0.3) is 0 Å². The molecule has 1 heterocycles. The molecule has 2 aromatic rings. The van der Waals surface area contributed by atoms with E-state index in [0.29, 0.717) is 28.8 Å². The Kier molecular flexibility index (Phi) is 3.97. The van der Waals surface area contributed by atoms with Gasteiger partial charge in [-0.25, -0.2) is 4.90 Å². The van der Waals surface area contributed by atoms with Gasteiger partial charge >= 0.3 is 0 Å². The molecule has 3 fully saturated rings. The Labute approximate surface area is 187 Å². The topological polar surface area (TPSA) is 66.5 Å². The van der Waals surface area contributed by atoms with Crippen molar-refractivity contribution in [3.05, 3.63) is 69.8 Å². The molecule has 30 heavy (non-hydrogen) atoms. The van der Waals surface area contributed by atoms with E-state index in [-0.39, 0.29) is 41.4 Å². The largest absolute Gasteiger partial charge is 0.322 e. The molecule has 1 N–H and O–H groups in total. The van der Waals surface area contributed by atoms with Crippen LogP contribution in [0.1, 0.15) is 16.8 Å². The molecule has 0 unspecified atom stereocenters. The summed E-state index contributed by atoms with van der Waals surface area (Å²) in [6.45, 7) is 0. The van der Waals surface area contributed by atoms with Crippen molar-refractivity contribution in [1.29, 1.82) is 0 Å². The second-order valence-electron chi connectivity index (χ2n) is 8.68. The molecule has 1 saturated heterocycles. The standard InChI is InChI=1S/C24H19IN2O3/c25-13-4-6-14(7-5-13)26-22(28)12-2-1-3-15(10-12)27-23(29)20-16-8-9-17(19-11-18(16)19)21(20)24(27)30/h1-10,16-21H,11H2,(H,26,28)/t16-,17-,18-,19-,20-,21+/m1/s1. The van der Waals surface area contributed by atoms with Crippen molar-refractivity contribution < 1.29 is 14.4 Å². The van der Waals surface area contributed by atoms with E-state index in [1.807, 2.05) is 24.3 Å². The molecular weight excluding hydrogens is 491 g/mol. The molecule has 0 radical (unpaired) electrons. The lowest BCUT2D eigenvalue weighted by molar-refractivity contribution is -0.124. The van der Waals surface area contributed by atoms with Crippen LogP contribution in [-0.2, 0) is 9.59 Å². The number of benzene rings is 2. The first-order valence-corrected chi connectivity index (χ1v) is 11.3. The average Bonchev–Trinajstić information content (AvgIpc) is 3.53. The van der Waals surface area contributed by atoms with Gasteiger partial charge in [0.05, 0.1) is 17.5 Å². The Morgan fingerprint density at radius 1 is 0.933 bits per heavy atom. The first-order valence-electron chi connectivity index (χ1n) is 10.3. The van der Waals surface area contributed by atoms with Gasteiger partial charge in [0.2, 0.25) is 11.8 Å². The van der Waals surface area contributed by atoms with Crippen LogP contribution in [0.15, 0.2) is 60.7 Å². The normalized spacial score (nSPS) is 32.8. The highest BCUT2D eigenvalue weighted by Gasteiger charge is 2.67. The summed E-state index contributed by atoms with van der Waals surface area (Å²) in [5.74, 6) is 0.582. The van der Waals surface area contributed by atoms with E-state index in [1.54, 1.807) is 24.3 Å². The molecule has 7 rings (SSSR count). The molecule has 2 saturated carbocycles. The van der Waals surface area contributed by atoms with Crippen LogP contribution in [0.3, 0.4) is 0 Å². The average molecular weight is 510 g/mol. The molecule has 5 nitrogen and oxygen atoms in total. The van der Waals surface area contributed by atoms with Crippen LogP contribution < -0.4 is 10.2 Å². The number of carbonyl (C=O) groups excluding carboxylic acids is 3. The third kappa shape index (κ3) is 2.62. The number of rotatable bonds is 3. The molecule has 2 bridgehead atoms. The summed E-state index contributed by atoms with van der Waals surface area (Å²) in [7, 11) is 0. The van der Waals surface area contributed by atoms with Crippen molar-refractivity contribution >= 4 is 51.7 Å². The van der Waals surface area contributed by atoms with Gasteiger partial charge in [-0.2, -0.15) is 0 Å². The van der Waals surface area contributed by atoms with Gasteiger partial charge in [0.15, 0.2) is 0 Å². The lowest BCUT2D eigenvalue weighted by atomic mass is 9.63. The summed E-state index contributed by atoms with van der Waals surface area (Å²) in [5.41, 5.74) is 1.61. The van der Waals surface area contributed by atoms with Crippen LogP contribution >= 0.6 is 22.6 Å². The van der Waals surface area contributed by atoms with Crippen LogP contribution in [-0.4, -0.2) is 17.7 Å². The maximum atomic E-state index is 13.3. The first kappa shape index (κ1) is 18.3. The molecule has 4 aliphatic carbocycles. The lowest BCUT2D eigenvalue weighted by Crippen LogP contribution is -2.40. The first-order chi connectivity index (χ1) is 14.5. The van der Waals surface area contributed by atoms with Crippen LogP contribution in [0.5, 0.6) is 0 Å². The fraction of sp³-hybridized carbons (Fsp3) is 0.292.